The van der Waals surface area contributed by atoms with Crippen molar-refractivity contribution in [1.82, 2.24) is 0 Å². The summed E-state index contributed by atoms with van der Waals surface area (Å²) >= 11 is 0. The molecule has 0 unspecified atom stereocenters. The zero-order valence-corrected chi connectivity index (χ0v) is 16.0. The van der Waals surface area contributed by atoms with E-state index in [4.69, 9.17) is 0 Å². The third kappa shape index (κ3) is 20.3. The molecule has 0 saturated carbocycles. The monoisotopic (exact) mass is 354 g/mol. The van der Waals surface area contributed by atoms with Crippen LogP contribution in [-0.4, -0.2) is 13.1 Å². The van der Waals surface area contributed by atoms with E-state index < -0.39 is 0 Å². The Labute approximate surface area is 164 Å². The highest BCUT2D eigenvalue weighted by atomic mass is 16.5. The van der Waals surface area contributed by atoms with Crippen LogP contribution in [0, 0.1) is 82.9 Å². The summed E-state index contributed by atoms with van der Waals surface area (Å²) in [6, 6.07) is 0. The first-order valence-electron chi connectivity index (χ1n) is 8.58. The van der Waals surface area contributed by atoms with Gasteiger partial charge in [0.2, 0.25) is 0 Å². The molecule has 0 fully saturated rings. The van der Waals surface area contributed by atoms with E-state index in [9.17, 15) is 4.79 Å². The molecule has 0 aromatic rings. The van der Waals surface area contributed by atoms with Gasteiger partial charge in [0.15, 0.2) is 0 Å². The maximum atomic E-state index is 10.8. The van der Waals surface area contributed by atoms with Crippen LogP contribution in [0.2, 0.25) is 0 Å². The van der Waals surface area contributed by atoms with Crippen molar-refractivity contribution in [3.63, 3.8) is 0 Å². The first kappa shape index (κ1) is 23.4. The van der Waals surface area contributed by atoms with Crippen LogP contribution in [-0.2, 0) is 9.53 Å². The van der Waals surface area contributed by atoms with E-state index >= 15 is 0 Å². The van der Waals surface area contributed by atoms with Crippen molar-refractivity contribution in [2.24, 2.45) is 0 Å². The van der Waals surface area contributed by atoms with Crippen molar-refractivity contribution in [1.29, 1.82) is 0 Å². The molecule has 0 rings (SSSR count). The number of carbonyl (C=O) groups is 1. The van der Waals surface area contributed by atoms with E-state index in [1.807, 2.05) is 6.92 Å². The molecule has 27 heavy (non-hydrogen) atoms. The van der Waals surface area contributed by atoms with E-state index in [0.717, 1.165) is 6.42 Å². The highest BCUT2D eigenvalue weighted by Gasteiger charge is 1.92. The molecule has 0 bridgehead atoms. The normalized spacial score (nSPS) is 6.89. The predicted molar refractivity (Wildman–Crippen MR) is 109 cm³/mol. The third-order valence-electron chi connectivity index (χ3n) is 2.57. The van der Waals surface area contributed by atoms with Gasteiger partial charge in [0, 0.05) is 6.42 Å². The molecule has 0 amide bonds. The fraction of sp³-hybridized carbons (Fsp3) is 0.400. The van der Waals surface area contributed by atoms with E-state index in [0.29, 0.717) is 38.5 Å². The summed E-state index contributed by atoms with van der Waals surface area (Å²) in [6.45, 7) is 2.02. The SMILES string of the molecule is CCC#CCC#CCC#CCC#CCC#CCC#CCC#CCC(=O)OC. The van der Waals surface area contributed by atoms with Crippen LogP contribution in [0.15, 0.2) is 0 Å². The number of carbonyl (C=O) groups excluding carboxylic acids is 1. The minimum absolute atomic E-state index is 0.0999. The second-order valence-corrected chi connectivity index (χ2v) is 4.64. The Morgan fingerprint density at radius 3 is 1.15 bits per heavy atom. The minimum atomic E-state index is -0.338. The van der Waals surface area contributed by atoms with E-state index in [-0.39, 0.29) is 12.4 Å². The molecular formula is C25H22O2. The number of rotatable bonds is 1. The fourth-order valence-electron chi connectivity index (χ4n) is 1.35. The Kier molecular flexibility index (Phi) is 17.7. The first-order valence-corrected chi connectivity index (χ1v) is 8.58. The molecule has 0 aromatic carbocycles. The second kappa shape index (κ2) is 20.4. The van der Waals surface area contributed by atoms with Gasteiger partial charge < -0.3 is 4.74 Å². The maximum absolute atomic E-state index is 10.8. The van der Waals surface area contributed by atoms with Gasteiger partial charge in [-0.1, -0.05) is 83.9 Å². The van der Waals surface area contributed by atoms with Gasteiger partial charge in [-0.2, -0.15) is 0 Å². The largest absolute Gasteiger partial charge is 0.468 e. The van der Waals surface area contributed by atoms with Gasteiger partial charge in [-0.15, -0.1) is 5.92 Å². The number of ether oxygens (including phenoxy) is 1. The summed E-state index contributed by atoms with van der Waals surface area (Å²) in [5.41, 5.74) is 0. The topological polar surface area (TPSA) is 26.3 Å². The summed E-state index contributed by atoms with van der Waals surface area (Å²) in [4.78, 5) is 10.8. The van der Waals surface area contributed by atoms with Gasteiger partial charge in [-0.05, 0) is 0 Å². The summed E-state index contributed by atoms with van der Waals surface area (Å²) in [6.07, 6.45) is 4.09. The van der Waals surface area contributed by atoms with Crippen LogP contribution in [0.5, 0.6) is 0 Å². The molecule has 0 aromatic heterocycles. The minimum Gasteiger partial charge on any atom is -0.468 e. The zero-order chi connectivity index (χ0) is 19.8. The number of hydrogen-bond acceptors (Lipinski definition) is 2. The lowest BCUT2D eigenvalue weighted by Gasteiger charge is -1.88. The van der Waals surface area contributed by atoms with Crippen molar-refractivity contribution in [3.05, 3.63) is 0 Å². The molecule has 0 heterocycles. The van der Waals surface area contributed by atoms with Crippen molar-refractivity contribution < 1.29 is 9.53 Å². The molecule has 134 valence electrons. The Morgan fingerprint density at radius 1 is 0.556 bits per heavy atom. The van der Waals surface area contributed by atoms with Gasteiger partial charge in [0.25, 0.3) is 0 Å². The van der Waals surface area contributed by atoms with E-state index in [1.54, 1.807) is 0 Å². The average Bonchev–Trinajstić information content (AvgIpc) is 2.68. The molecule has 0 saturated heterocycles. The number of esters is 1. The zero-order valence-electron chi connectivity index (χ0n) is 16.0. The molecule has 2 heteroatoms. The lowest BCUT2D eigenvalue weighted by atomic mass is 10.3. The van der Waals surface area contributed by atoms with Crippen molar-refractivity contribution in [2.75, 3.05) is 7.11 Å². The van der Waals surface area contributed by atoms with E-state index in [1.165, 1.54) is 7.11 Å². The van der Waals surface area contributed by atoms with Crippen LogP contribution in [0.1, 0.15) is 58.3 Å². The second-order valence-electron chi connectivity index (χ2n) is 4.64. The van der Waals surface area contributed by atoms with Crippen molar-refractivity contribution in [2.45, 2.75) is 58.3 Å². The van der Waals surface area contributed by atoms with E-state index in [2.05, 4.69) is 87.6 Å². The maximum Gasteiger partial charge on any atom is 0.317 e. The molecule has 0 aliphatic heterocycles. The Hall–Kier alpha value is -3.61. The molecule has 0 spiro atoms. The summed E-state index contributed by atoms with van der Waals surface area (Å²) < 4.78 is 4.47. The molecule has 0 radical (unpaired) electrons. The quantitative estimate of drug-likeness (QED) is 0.533. The molecule has 0 aliphatic carbocycles. The van der Waals surface area contributed by atoms with Crippen LogP contribution in [0.4, 0.5) is 0 Å². The van der Waals surface area contributed by atoms with Gasteiger partial charge in [-0.25, -0.2) is 0 Å². The van der Waals surface area contributed by atoms with Gasteiger partial charge in [-0.3, -0.25) is 4.79 Å². The van der Waals surface area contributed by atoms with Crippen LogP contribution >= 0.6 is 0 Å². The summed E-state index contributed by atoms with van der Waals surface area (Å²) in [7, 11) is 1.34. The molecule has 2 nitrogen and oxygen atoms in total. The summed E-state index contributed by atoms with van der Waals surface area (Å²) in [5.74, 6) is 40.4. The van der Waals surface area contributed by atoms with Crippen LogP contribution in [0.25, 0.3) is 0 Å². The van der Waals surface area contributed by atoms with Gasteiger partial charge >= 0.3 is 5.97 Å². The van der Waals surface area contributed by atoms with Gasteiger partial charge in [0.05, 0.1) is 45.6 Å². The molecule has 0 aliphatic rings. The standard InChI is InChI=1S/C25H22O2/c1-3-4-5-6-7-8-9-10-11-12-13-14-15-16-17-18-19-20-21-22-23-24-25(26)27-2/h3,6,9,12,15,18,21,24H2,1-2H3. The fourth-order valence-corrected chi connectivity index (χ4v) is 1.35. The average molecular weight is 354 g/mol. The first-order chi connectivity index (χ1) is 13.3. The number of methoxy groups -OCH3 is 1. The van der Waals surface area contributed by atoms with Crippen molar-refractivity contribution in [3.8, 4) is 82.9 Å². The molecular weight excluding hydrogens is 332 g/mol. The Balaban J connectivity index is 3.81. The molecule has 0 atom stereocenters. The highest BCUT2D eigenvalue weighted by molar-refractivity contribution is 5.72. The predicted octanol–water partition coefficient (Wildman–Crippen LogP) is 3.32. The number of hydrogen-bond donors (Lipinski definition) is 0. The van der Waals surface area contributed by atoms with Crippen LogP contribution < -0.4 is 0 Å². The smallest absolute Gasteiger partial charge is 0.317 e. The molecule has 0 N–H and O–H groups in total. The Morgan fingerprint density at radius 2 is 0.852 bits per heavy atom. The third-order valence-corrected chi connectivity index (χ3v) is 2.57. The summed E-state index contributed by atoms with van der Waals surface area (Å²) in [5, 5.41) is 0. The van der Waals surface area contributed by atoms with Gasteiger partial charge in [0.1, 0.15) is 6.42 Å². The highest BCUT2D eigenvalue weighted by Crippen LogP contribution is 1.82. The van der Waals surface area contributed by atoms with Crippen LogP contribution in [0.3, 0.4) is 0 Å². The van der Waals surface area contributed by atoms with Crippen molar-refractivity contribution >= 4 is 5.97 Å². The Bertz CT molecular complexity index is 887. The lowest BCUT2D eigenvalue weighted by molar-refractivity contribution is -0.139. The lowest BCUT2D eigenvalue weighted by Crippen LogP contribution is -1.96.